The first kappa shape index (κ1) is 13.0. The zero-order valence-electron chi connectivity index (χ0n) is 9.81. The van der Waals surface area contributed by atoms with Crippen LogP contribution in [0, 0.1) is 11.8 Å². The highest BCUT2D eigenvalue weighted by molar-refractivity contribution is 7.16. The van der Waals surface area contributed by atoms with Gasteiger partial charge in [0, 0.05) is 6.61 Å². The molecule has 1 saturated heterocycles. The van der Waals surface area contributed by atoms with Crippen LogP contribution in [0.1, 0.15) is 24.1 Å². The first-order chi connectivity index (χ1) is 8.79. The minimum atomic E-state index is -0.366. The van der Waals surface area contributed by atoms with Gasteiger partial charge in [-0.1, -0.05) is 23.2 Å². The van der Waals surface area contributed by atoms with E-state index in [1.165, 1.54) is 11.3 Å². The van der Waals surface area contributed by atoms with Crippen molar-refractivity contribution in [3.8, 4) is 11.8 Å². The predicted molar refractivity (Wildman–Crippen MR) is 68.3 cm³/mol. The van der Waals surface area contributed by atoms with Crippen LogP contribution in [-0.2, 0) is 9.53 Å². The summed E-state index contributed by atoms with van der Waals surface area (Å²) in [6.45, 7) is 0.457. The molecule has 1 aliphatic rings. The van der Waals surface area contributed by atoms with Crippen molar-refractivity contribution in [2.45, 2.75) is 25.4 Å². The van der Waals surface area contributed by atoms with E-state index in [4.69, 9.17) is 9.84 Å². The number of anilines is 1. The van der Waals surface area contributed by atoms with Crippen molar-refractivity contribution in [2.24, 2.45) is 0 Å². The Morgan fingerprint density at radius 3 is 3.28 bits per heavy atom. The number of hydrogen-bond acceptors (Lipinski definition) is 5. The lowest BCUT2D eigenvalue weighted by Gasteiger charge is -2.20. The van der Waals surface area contributed by atoms with Crippen LogP contribution in [0.4, 0.5) is 5.13 Å². The number of rotatable bonds is 2. The minimum absolute atomic E-state index is 0.147. The molecule has 1 atom stereocenters. The lowest BCUT2D eigenvalue weighted by atomic mass is 10.1. The maximum absolute atomic E-state index is 11.8. The minimum Gasteiger partial charge on any atom is -0.384 e. The van der Waals surface area contributed by atoms with Crippen LogP contribution in [0.2, 0.25) is 0 Å². The Hall–Kier alpha value is -1.42. The number of amides is 1. The Balaban J connectivity index is 1.92. The van der Waals surface area contributed by atoms with Gasteiger partial charge in [0.25, 0.3) is 5.91 Å². The second kappa shape index (κ2) is 6.50. The smallest absolute Gasteiger partial charge is 0.255 e. The lowest BCUT2D eigenvalue weighted by Crippen LogP contribution is -2.33. The van der Waals surface area contributed by atoms with Crippen LogP contribution >= 0.6 is 11.3 Å². The van der Waals surface area contributed by atoms with Crippen molar-refractivity contribution in [1.82, 2.24) is 4.98 Å². The number of carbonyl (C=O) groups excluding carboxylic acids is 1. The number of ether oxygens (including phenoxy) is 1. The highest BCUT2D eigenvalue weighted by Crippen LogP contribution is 2.19. The van der Waals surface area contributed by atoms with E-state index in [9.17, 15) is 4.79 Å². The highest BCUT2D eigenvalue weighted by Gasteiger charge is 2.22. The Bertz CT molecular complexity index is 469. The van der Waals surface area contributed by atoms with Crippen LogP contribution < -0.4 is 5.32 Å². The number of nitrogens with zero attached hydrogens (tertiary/aromatic N) is 1. The molecule has 1 unspecified atom stereocenters. The Kier molecular flexibility index (Phi) is 4.70. The second-order valence-electron chi connectivity index (χ2n) is 3.83. The molecule has 1 amide bonds. The molecule has 0 saturated carbocycles. The number of aliphatic hydroxyl groups is 1. The lowest BCUT2D eigenvalue weighted by molar-refractivity contribution is -0.129. The van der Waals surface area contributed by atoms with E-state index in [1.807, 2.05) is 0 Å². The van der Waals surface area contributed by atoms with Crippen molar-refractivity contribution in [2.75, 3.05) is 18.5 Å². The monoisotopic (exact) mass is 266 g/mol. The van der Waals surface area contributed by atoms with Crippen LogP contribution in [0.3, 0.4) is 0 Å². The van der Waals surface area contributed by atoms with Crippen LogP contribution in [0.15, 0.2) is 6.20 Å². The number of aliphatic hydroxyl groups excluding tert-OH is 1. The van der Waals surface area contributed by atoms with Crippen molar-refractivity contribution >= 4 is 22.4 Å². The normalized spacial score (nSPS) is 18.8. The molecule has 0 radical (unpaired) electrons. The van der Waals surface area contributed by atoms with Gasteiger partial charge in [-0.3, -0.25) is 10.1 Å². The average molecular weight is 266 g/mol. The summed E-state index contributed by atoms with van der Waals surface area (Å²) in [7, 11) is 0. The van der Waals surface area contributed by atoms with Crippen LogP contribution in [0.5, 0.6) is 0 Å². The molecule has 5 nitrogen and oxygen atoms in total. The molecular weight excluding hydrogens is 252 g/mol. The Labute approximate surface area is 109 Å². The molecule has 96 valence electrons. The summed E-state index contributed by atoms with van der Waals surface area (Å²) in [6.07, 6.45) is 4.00. The first-order valence-electron chi connectivity index (χ1n) is 5.77. The highest BCUT2D eigenvalue weighted by atomic mass is 32.1. The zero-order valence-corrected chi connectivity index (χ0v) is 10.6. The SMILES string of the molecule is O=C(Nc1ncc(C#CCO)s1)C1CCCCO1. The fraction of sp³-hybridized carbons (Fsp3) is 0.500. The zero-order chi connectivity index (χ0) is 12.8. The molecule has 2 N–H and O–H groups in total. The number of aromatic nitrogens is 1. The van der Waals surface area contributed by atoms with Gasteiger partial charge in [0.05, 0.1) is 11.1 Å². The quantitative estimate of drug-likeness (QED) is 0.783. The van der Waals surface area contributed by atoms with Gasteiger partial charge in [-0.25, -0.2) is 4.98 Å². The van der Waals surface area contributed by atoms with E-state index >= 15 is 0 Å². The van der Waals surface area contributed by atoms with E-state index in [-0.39, 0.29) is 18.6 Å². The van der Waals surface area contributed by atoms with Gasteiger partial charge in [-0.2, -0.15) is 0 Å². The summed E-state index contributed by atoms with van der Waals surface area (Å²) < 4.78 is 5.39. The topological polar surface area (TPSA) is 71.5 Å². The van der Waals surface area contributed by atoms with Gasteiger partial charge < -0.3 is 9.84 Å². The predicted octanol–water partition coefficient (Wildman–Crippen LogP) is 0.994. The molecule has 1 aromatic heterocycles. The van der Waals surface area contributed by atoms with E-state index in [2.05, 4.69) is 22.1 Å². The van der Waals surface area contributed by atoms with Crippen molar-refractivity contribution in [1.29, 1.82) is 0 Å². The van der Waals surface area contributed by atoms with Crippen molar-refractivity contribution < 1.29 is 14.6 Å². The third-order valence-electron chi connectivity index (χ3n) is 2.50. The summed E-state index contributed by atoms with van der Waals surface area (Å²) in [6, 6.07) is 0. The van der Waals surface area contributed by atoms with Gasteiger partial charge in [-0.05, 0) is 19.3 Å². The van der Waals surface area contributed by atoms with Gasteiger partial charge in [0.1, 0.15) is 12.7 Å². The third kappa shape index (κ3) is 3.53. The third-order valence-corrected chi connectivity index (χ3v) is 3.33. The summed E-state index contributed by atoms with van der Waals surface area (Å²) in [5, 5.41) is 11.8. The molecule has 2 heterocycles. The average Bonchev–Trinajstić information content (AvgIpc) is 2.85. The molecule has 0 aromatic carbocycles. The molecular formula is C12H14N2O3S. The van der Waals surface area contributed by atoms with E-state index in [0.29, 0.717) is 16.6 Å². The van der Waals surface area contributed by atoms with E-state index < -0.39 is 0 Å². The van der Waals surface area contributed by atoms with Gasteiger partial charge in [0.2, 0.25) is 0 Å². The van der Waals surface area contributed by atoms with Crippen LogP contribution in [-0.4, -0.2) is 35.3 Å². The van der Waals surface area contributed by atoms with E-state index in [1.54, 1.807) is 6.20 Å². The number of hydrogen-bond donors (Lipinski definition) is 2. The molecule has 0 bridgehead atoms. The van der Waals surface area contributed by atoms with Crippen molar-refractivity contribution in [3.05, 3.63) is 11.1 Å². The maximum Gasteiger partial charge on any atom is 0.255 e. The molecule has 1 fully saturated rings. The molecule has 0 aliphatic carbocycles. The Morgan fingerprint density at radius 2 is 2.56 bits per heavy atom. The molecule has 1 aliphatic heterocycles. The van der Waals surface area contributed by atoms with Crippen molar-refractivity contribution in [3.63, 3.8) is 0 Å². The fourth-order valence-electron chi connectivity index (χ4n) is 1.65. The summed E-state index contributed by atoms with van der Waals surface area (Å²) in [5.74, 6) is 5.13. The van der Waals surface area contributed by atoms with E-state index in [0.717, 1.165) is 19.3 Å². The van der Waals surface area contributed by atoms with Gasteiger partial charge in [0.15, 0.2) is 5.13 Å². The number of nitrogens with one attached hydrogen (secondary N) is 1. The molecule has 1 aromatic rings. The summed E-state index contributed by atoms with van der Waals surface area (Å²) >= 11 is 1.28. The number of carbonyl (C=O) groups is 1. The fourth-order valence-corrected chi connectivity index (χ4v) is 2.34. The second-order valence-corrected chi connectivity index (χ2v) is 4.86. The standard InChI is InChI=1S/C12H14N2O3S/c15-6-3-4-9-8-13-12(18-9)14-11(16)10-5-1-2-7-17-10/h8,10,15H,1-2,5-7H2,(H,13,14,16). The summed E-state index contributed by atoms with van der Waals surface area (Å²) in [5.41, 5.74) is 0. The summed E-state index contributed by atoms with van der Waals surface area (Å²) in [4.78, 5) is 16.6. The molecule has 0 spiro atoms. The Morgan fingerprint density at radius 1 is 1.67 bits per heavy atom. The maximum atomic E-state index is 11.8. The molecule has 2 rings (SSSR count). The largest absolute Gasteiger partial charge is 0.384 e. The first-order valence-corrected chi connectivity index (χ1v) is 6.59. The van der Waals surface area contributed by atoms with Crippen LogP contribution in [0.25, 0.3) is 0 Å². The molecule has 6 heteroatoms. The van der Waals surface area contributed by atoms with Gasteiger partial charge in [-0.15, -0.1) is 0 Å². The van der Waals surface area contributed by atoms with Gasteiger partial charge >= 0.3 is 0 Å². The number of thiazole rings is 1. The molecule has 18 heavy (non-hydrogen) atoms.